The van der Waals surface area contributed by atoms with Gasteiger partial charge in [0.15, 0.2) is 0 Å². The highest BCUT2D eigenvalue weighted by Gasteiger charge is 2.23. The summed E-state index contributed by atoms with van der Waals surface area (Å²) >= 11 is 0. The van der Waals surface area contributed by atoms with E-state index >= 15 is 0 Å². The Morgan fingerprint density at radius 3 is 2.89 bits per heavy atom. The largest absolute Gasteiger partial charge is 0.468 e. The van der Waals surface area contributed by atoms with Crippen LogP contribution in [-0.2, 0) is 9.53 Å². The normalized spacial score (nSPS) is 20.6. The first-order chi connectivity index (χ1) is 8.81. The number of nitrogens with one attached hydrogen (secondary N) is 3. The minimum Gasteiger partial charge on any atom is -0.468 e. The Kier molecular flexibility index (Phi) is 4.69. The van der Waals surface area contributed by atoms with E-state index in [-0.39, 0.29) is 5.97 Å². The van der Waals surface area contributed by atoms with Crippen molar-refractivity contribution in [1.29, 1.82) is 0 Å². The van der Waals surface area contributed by atoms with Gasteiger partial charge in [0.05, 0.1) is 7.11 Å². The minimum absolute atomic E-state index is 0.257. The van der Waals surface area contributed by atoms with Crippen LogP contribution in [0.3, 0.4) is 0 Å². The van der Waals surface area contributed by atoms with E-state index in [1.54, 1.807) is 0 Å². The van der Waals surface area contributed by atoms with E-state index < -0.39 is 6.04 Å². The lowest BCUT2D eigenvalue weighted by Crippen LogP contribution is -2.41. The lowest BCUT2D eigenvalue weighted by molar-refractivity contribution is -0.143. The standard InChI is InChI=1S/C13H19N3O2/c1-18-13(17)12(10-5-3-2-4-6-10)14-9-11-7-8-15-16-11/h2-6,11-12,14-16H,7-9H2,1H3. The van der Waals surface area contributed by atoms with Crippen LogP contribution >= 0.6 is 0 Å². The molecule has 18 heavy (non-hydrogen) atoms. The zero-order chi connectivity index (χ0) is 12.8. The highest BCUT2D eigenvalue weighted by Crippen LogP contribution is 2.14. The van der Waals surface area contributed by atoms with Crippen molar-refractivity contribution < 1.29 is 9.53 Å². The van der Waals surface area contributed by atoms with Gasteiger partial charge < -0.3 is 4.74 Å². The molecule has 2 atom stereocenters. The molecule has 0 aromatic heterocycles. The maximum absolute atomic E-state index is 11.8. The van der Waals surface area contributed by atoms with E-state index in [9.17, 15) is 4.79 Å². The Hall–Kier alpha value is -1.43. The molecule has 3 N–H and O–H groups in total. The summed E-state index contributed by atoms with van der Waals surface area (Å²) in [6.45, 7) is 1.68. The Labute approximate surface area is 107 Å². The fourth-order valence-electron chi connectivity index (χ4n) is 2.05. The molecule has 1 aliphatic heterocycles. The van der Waals surface area contributed by atoms with Crippen LogP contribution in [0.25, 0.3) is 0 Å². The minimum atomic E-state index is -0.404. The van der Waals surface area contributed by atoms with Gasteiger partial charge in [-0.05, 0) is 12.0 Å². The zero-order valence-electron chi connectivity index (χ0n) is 10.5. The summed E-state index contributed by atoms with van der Waals surface area (Å²) in [6.07, 6.45) is 1.05. The number of carbonyl (C=O) groups is 1. The molecule has 5 heteroatoms. The van der Waals surface area contributed by atoms with E-state index in [2.05, 4.69) is 16.2 Å². The van der Waals surface area contributed by atoms with Crippen molar-refractivity contribution in [3.8, 4) is 0 Å². The molecule has 0 radical (unpaired) electrons. The fourth-order valence-corrected chi connectivity index (χ4v) is 2.05. The van der Waals surface area contributed by atoms with Crippen LogP contribution in [0.15, 0.2) is 30.3 Å². The van der Waals surface area contributed by atoms with Crippen molar-refractivity contribution in [2.45, 2.75) is 18.5 Å². The first kappa shape index (κ1) is 13.0. The number of esters is 1. The molecule has 1 aliphatic rings. The van der Waals surface area contributed by atoms with Gasteiger partial charge >= 0.3 is 5.97 Å². The van der Waals surface area contributed by atoms with Crippen molar-refractivity contribution in [1.82, 2.24) is 16.2 Å². The topological polar surface area (TPSA) is 62.4 Å². The number of rotatable bonds is 5. The predicted molar refractivity (Wildman–Crippen MR) is 68.7 cm³/mol. The molecule has 0 saturated carbocycles. The Morgan fingerprint density at radius 2 is 2.28 bits per heavy atom. The first-order valence-corrected chi connectivity index (χ1v) is 6.16. The van der Waals surface area contributed by atoms with Crippen LogP contribution in [0.5, 0.6) is 0 Å². The monoisotopic (exact) mass is 249 g/mol. The Morgan fingerprint density at radius 1 is 1.50 bits per heavy atom. The number of ether oxygens (including phenoxy) is 1. The highest BCUT2D eigenvalue weighted by molar-refractivity contribution is 5.77. The van der Waals surface area contributed by atoms with Gasteiger partial charge in [0.2, 0.25) is 0 Å². The number of hydrogen-bond acceptors (Lipinski definition) is 5. The van der Waals surface area contributed by atoms with E-state index in [1.807, 2.05) is 30.3 Å². The number of carbonyl (C=O) groups excluding carboxylic acids is 1. The van der Waals surface area contributed by atoms with E-state index in [0.717, 1.165) is 25.1 Å². The highest BCUT2D eigenvalue weighted by atomic mass is 16.5. The first-order valence-electron chi connectivity index (χ1n) is 6.16. The number of methoxy groups -OCH3 is 1. The second kappa shape index (κ2) is 6.49. The lowest BCUT2D eigenvalue weighted by atomic mass is 10.1. The van der Waals surface area contributed by atoms with Crippen molar-refractivity contribution in [3.63, 3.8) is 0 Å². The molecule has 1 aromatic rings. The molecule has 0 bridgehead atoms. The van der Waals surface area contributed by atoms with Gasteiger partial charge in [0, 0.05) is 19.1 Å². The average Bonchev–Trinajstić information content (AvgIpc) is 2.93. The number of benzene rings is 1. The molecule has 1 heterocycles. The third-order valence-corrected chi connectivity index (χ3v) is 3.06. The van der Waals surface area contributed by atoms with E-state index in [4.69, 9.17) is 4.74 Å². The predicted octanol–water partition coefficient (Wildman–Crippen LogP) is 0.357. The van der Waals surface area contributed by atoms with Gasteiger partial charge in [-0.15, -0.1) is 0 Å². The van der Waals surface area contributed by atoms with Crippen molar-refractivity contribution in [3.05, 3.63) is 35.9 Å². The number of hydrogen-bond donors (Lipinski definition) is 3. The summed E-state index contributed by atoms with van der Waals surface area (Å²) < 4.78 is 4.84. The second-order valence-electron chi connectivity index (χ2n) is 4.33. The Bertz CT molecular complexity index is 377. The molecule has 98 valence electrons. The molecule has 1 aromatic carbocycles. The third kappa shape index (κ3) is 3.29. The molecular weight excluding hydrogens is 230 g/mol. The quantitative estimate of drug-likeness (QED) is 0.658. The number of hydrazine groups is 1. The summed E-state index contributed by atoms with van der Waals surface area (Å²) in [4.78, 5) is 11.8. The summed E-state index contributed by atoms with van der Waals surface area (Å²) in [6, 6.07) is 9.56. The molecule has 0 spiro atoms. The van der Waals surface area contributed by atoms with Crippen LogP contribution in [0.2, 0.25) is 0 Å². The molecule has 1 saturated heterocycles. The fraction of sp³-hybridized carbons (Fsp3) is 0.462. The zero-order valence-corrected chi connectivity index (χ0v) is 10.5. The van der Waals surface area contributed by atoms with Gasteiger partial charge in [-0.1, -0.05) is 30.3 Å². The average molecular weight is 249 g/mol. The smallest absolute Gasteiger partial charge is 0.327 e. The molecular formula is C13H19N3O2. The third-order valence-electron chi connectivity index (χ3n) is 3.06. The van der Waals surface area contributed by atoms with Gasteiger partial charge in [0.1, 0.15) is 6.04 Å². The summed E-state index contributed by atoms with van der Waals surface area (Å²) in [5.41, 5.74) is 7.15. The van der Waals surface area contributed by atoms with Crippen LogP contribution < -0.4 is 16.2 Å². The molecule has 0 aliphatic carbocycles. The van der Waals surface area contributed by atoms with Gasteiger partial charge in [-0.3, -0.25) is 16.2 Å². The van der Waals surface area contributed by atoms with Crippen molar-refractivity contribution in [2.24, 2.45) is 0 Å². The van der Waals surface area contributed by atoms with Crippen LogP contribution in [0, 0.1) is 0 Å². The summed E-state index contributed by atoms with van der Waals surface area (Å²) in [5, 5.41) is 3.25. The molecule has 1 fully saturated rings. The summed E-state index contributed by atoms with van der Waals surface area (Å²) in [5.74, 6) is -0.257. The maximum Gasteiger partial charge on any atom is 0.327 e. The molecule has 5 nitrogen and oxygen atoms in total. The summed E-state index contributed by atoms with van der Waals surface area (Å²) in [7, 11) is 1.41. The van der Waals surface area contributed by atoms with Crippen LogP contribution in [-0.4, -0.2) is 32.2 Å². The SMILES string of the molecule is COC(=O)C(NCC1CCNN1)c1ccccc1. The van der Waals surface area contributed by atoms with Crippen molar-refractivity contribution >= 4 is 5.97 Å². The molecule has 2 unspecified atom stereocenters. The lowest BCUT2D eigenvalue weighted by Gasteiger charge is -2.19. The van der Waals surface area contributed by atoms with Crippen LogP contribution in [0.4, 0.5) is 0 Å². The van der Waals surface area contributed by atoms with Gasteiger partial charge in [-0.2, -0.15) is 0 Å². The van der Waals surface area contributed by atoms with Crippen molar-refractivity contribution in [2.75, 3.05) is 20.2 Å². The van der Waals surface area contributed by atoms with E-state index in [0.29, 0.717) is 6.04 Å². The molecule has 0 amide bonds. The Balaban J connectivity index is 1.99. The molecule has 2 rings (SSSR count). The van der Waals surface area contributed by atoms with Gasteiger partial charge in [-0.25, -0.2) is 4.79 Å². The second-order valence-corrected chi connectivity index (χ2v) is 4.33. The van der Waals surface area contributed by atoms with Gasteiger partial charge in [0.25, 0.3) is 0 Å². The maximum atomic E-state index is 11.8. The van der Waals surface area contributed by atoms with Crippen LogP contribution in [0.1, 0.15) is 18.0 Å². The van der Waals surface area contributed by atoms with E-state index in [1.165, 1.54) is 7.11 Å².